The predicted molar refractivity (Wildman–Crippen MR) is 276 cm³/mol. The highest BCUT2D eigenvalue weighted by atomic mass is 31.2. The van der Waals surface area contributed by atoms with Crippen LogP contribution in [0.1, 0.15) is 155 Å². The number of hydrogen-bond donors (Lipinski definition) is 6. The first-order chi connectivity index (χ1) is 33.0. The summed E-state index contributed by atoms with van der Waals surface area (Å²) in [6, 6.07) is 0. The molecule has 0 bridgehead atoms. The zero-order valence-corrected chi connectivity index (χ0v) is 42.2. The minimum absolute atomic E-state index is 0.110. The Hall–Kier alpha value is -3.26. The van der Waals surface area contributed by atoms with Gasteiger partial charge in [0.25, 0.3) is 0 Å². The van der Waals surface area contributed by atoms with Crippen LogP contribution < -0.4 is 0 Å². The molecule has 386 valence electrons. The Balaban J connectivity index is 2.41. The molecular weight excluding hydrogens is 884 g/mol. The molecule has 0 saturated heterocycles. The smallest absolute Gasteiger partial charge is 0.457 e. The molecule has 1 aliphatic rings. The number of rotatable bonds is 41. The van der Waals surface area contributed by atoms with Crippen molar-refractivity contribution in [3.05, 3.63) is 122 Å². The van der Waals surface area contributed by atoms with E-state index >= 15 is 0 Å². The standard InChI is InChI=1S/C55H89O12P/c1-3-5-7-9-11-13-15-17-19-21-23-24-25-27-29-31-33-35-37-39-41-43-45-64-46-48(47-65-68(62,63)67-55-53(60)51(58)50(57)52(59)54(55)61)66-49(56)44-42-40-38-36-34-32-30-28-26-22-20-18-16-14-12-10-8-6-4-2/h5-8,11-14,17-20,23-24,26-29,32,34,48,50-55,57-61H,3-4,9-10,15-16,21-22,25,30-31,33,35-47H2,1-2H3,(H,62,63)/b7-5-,8-6-,13-11-,14-12-,19-17-,20-18-,24-23-,28-26-,29-27-,34-32-. The monoisotopic (exact) mass is 973 g/mol. The van der Waals surface area contributed by atoms with Crippen molar-refractivity contribution in [2.45, 2.75) is 198 Å². The summed E-state index contributed by atoms with van der Waals surface area (Å²) in [6.07, 6.45) is 51.1. The molecule has 1 saturated carbocycles. The summed E-state index contributed by atoms with van der Waals surface area (Å²) < 4.78 is 34.2. The van der Waals surface area contributed by atoms with Gasteiger partial charge in [0, 0.05) is 13.0 Å². The van der Waals surface area contributed by atoms with Crippen molar-refractivity contribution in [3.63, 3.8) is 0 Å². The second-order valence-corrected chi connectivity index (χ2v) is 18.3. The lowest BCUT2D eigenvalue weighted by molar-refractivity contribution is -0.220. The van der Waals surface area contributed by atoms with Gasteiger partial charge in [0.15, 0.2) is 0 Å². The van der Waals surface area contributed by atoms with Gasteiger partial charge < -0.3 is 39.9 Å². The molecule has 0 aromatic carbocycles. The van der Waals surface area contributed by atoms with Crippen LogP contribution in [0, 0.1) is 0 Å². The normalized spacial score (nSPS) is 22.2. The van der Waals surface area contributed by atoms with Crippen molar-refractivity contribution in [2.24, 2.45) is 0 Å². The van der Waals surface area contributed by atoms with E-state index in [9.17, 15) is 39.8 Å². The third-order valence-electron chi connectivity index (χ3n) is 10.8. The molecule has 1 rings (SSSR count). The maximum Gasteiger partial charge on any atom is 0.472 e. The molecule has 6 N–H and O–H groups in total. The summed E-state index contributed by atoms with van der Waals surface area (Å²) in [7, 11) is -5.05. The number of esters is 1. The molecule has 0 amide bonds. The van der Waals surface area contributed by atoms with E-state index in [0.29, 0.717) is 13.0 Å². The van der Waals surface area contributed by atoms with Crippen molar-refractivity contribution >= 4 is 13.8 Å². The first-order valence-electron chi connectivity index (χ1n) is 25.4. The highest BCUT2D eigenvalue weighted by Crippen LogP contribution is 2.47. The van der Waals surface area contributed by atoms with Crippen LogP contribution in [0.5, 0.6) is 0 Å². The Morgan fingerprint density at radius 2 is 0.824 bits per heavy atom. The van der Waals surface area contributed by atoms with Gasteiger partial charge in [0.05, 0.1) is 13.2 Å². The van der Waals surface area contributed by atoms with Gasteiger partial charge in [-0.2, -0.15) is 0 Å². The van der Waals surface area contributed by atoms with Crippen molar-refractivity contribution < 1.29 is 58.3 Å². The van der Waals surface area contributed by atoms with Crippen molar-refractivity contribution in [3.8, 4) is 0 Å². The molecule has 13 heteroatoms. The number of carbonyl (C=O) groups excluding carboxylic acids is 1. The maximum absolute atomic E-state index is 12.9. The third kappa shape index (κ3) is 34.9. The molecule has 0 radical (unpaired) electrons. The van der Waals surface area contributed by atoms with Gasteiger partial charge in [0.2, 0.25) is 0 Å². The molecule has 6 atom stereocenters. The quantitative estimate of drug-likeness (QED) is 0.0147. The van der Waals surface area contributed by atoms with E-state index in [1.807, 2.05) is 0 Å². The Bertz CT molecular complexity index is 1580. The average Bonchev–Trinajstić information content (AvgIpc) is 3.32. The van der Waals surface area contributed by atoms with Crippen LogP contribution in [0.15, 0.2) is 122 Å². The van der Waals surface area contributed by atoms with Gasteiger partial charge in [0.1, 0.15) is 42.7 Å². The average molecular weight is 973 g/mol. The molecule has 68 heavy (non-hydrogen) atoms. The third-order valence-corrected chi connectivity index (χ3v) is 11.8. The largest absolute Gasteiger partial charge is 0.472 e. The Morgan fingerprint density at radius 3 is 1.25 bits per heavy atom. The van der Waals surface area contributed by atoms with Crippen LogP contribution in [0.4, 0.5) is 0 Å². The lowest BCUT2D eigenvalue weighted by Crippen LogP contribution is -2.64. The van der Waals surface area contributed by atoms with E-state index < -0.39 is 63.1 Å². The number of phosphoric ester groups is 1. The fourth-order valence-electron chi connectivity index (χ4n) is 6.88. The van der Waals surface area contributed by atoms with Crippen molar-refractivity contribution in [2.75, 3.05) is 19.8 Å². The Morgan fingerprint density at radius 1 is 0.471 bits per heavy atom. The summed E-state index contributed by atoms with van der Waals surface area (Å²) >= 11 is 0. The summed E-state index contributed by atoms with van der Waals surface area (Å²) in [5, 5.41) is 50.3. The van der Waals surface area contributed by atoms with E-state index in [2.05, 4.69) is 135 Å². The van der Waals surface area contributed by atoms with Gasteiger partial charge in [-0.05, 0) is 103 Å². The molecule has 12 nitrogen and oxygen atoms in total. The highest BCUT2D eigenvalue weighted by molar-refractivity contribution is 7.47. The Labute approximate surface area is 409 Å². The molecule has 0 heterocycles. The molecule has 6 unspecified atom stereocenters. The van der Waals surface area contributed by atoms with Crippen LogP contribution in [-0.2, 0) is 27.9 Å². The predicted octanol–water partition coefficient (Wildman–Crippen LogP) is 11.4. The number of unbranched alkanes of at least 4 members (excludes halogenated alkanes) is 9. The number of ether oxygens (including phenoxy) is 2. The van der Waals surface area contributed by atoms with Crippen molar-refractivity contribution in [1.29, 1.82) is 0 Å². The van der Waals surface area contributed by atoms with Gasteiger partial charge in [-0.25, -0.2) is 4.57 Å². The van der Waals surface area contributed by atoms with E-state index in [-0.39, 0.29) is 13.0 Å². The van der Waals surface area contributed by atoms with Crippen LogP contribution in [-0.4, -0.2) is 98.9 Å². The minimum atomic E-state index is -5.05. The summed E-state index contributed by atoms with van der Waals surface area (Å²) in [4.78, 5) is 23.2. The van der Waals surface area contributed by atoms with E-state index in [1.54, 1.807) is 0 Å². The lowest BCUT2D eigenvalue weighted by Gasteiger charge is -2.41. The maximum atomic E-state index is 12.9. The number of phosphoric acid groups is 1. The molecule has 0 spiro atoms. The number of carbonyl (C=O) groups is 1. The summed E-state index contributed by atoms with van der Waals surface area (Å²) in [6.45, 7) is 3.95. The van der Waals surface area contributed by atoms with Crippen LogP contribution in [0.3, 0.4) is 0 Å². The second-order valence-electron chi connectivity index (χ2n) is 16.9. The number of allylic oxidation sites excluding steroid dienone is 20. The highest BCUT2D eigenvalue weighted by Gasteiger charge is 2.51. The fourth-order valence-corrected chi connectivity index (χ4v) is 7.85. The lowest BCUT2D eigenvalue weighted by atomic mass is 9.85. The van der Waals surface area contributed by atoms with Gasteiger partial charge in [-0.3, -0.25) is 13.8 Å². The molecule has 0 aromatic heterocycles. The first-order valence-corrected chi connectivity index (χ1v) is 26.9. The first kappa shape index (κ1) is 62.8. The van der Waals surface area contributed by atoms with E-state index in [1.165, 1.54) is 0 Å². The zero-order chi connectivity index (χ0) is 49.8. The van der Waals surface area contributed by atoms with Gasteiger partial charge in [-0.15, -0.1) is 0 Å². The van der Waals surface area contributed by atoms with Gasteiger partial charge in [-0.1, -0.05) is 167 Å². The summed E-state index contributed by atoms with van der Waals surface area (Å²) in [5.41, 5.74) is 0. The SMILES string of the molecule is CC/C=C\C/C=C\C/C=C\C/C=C\C/C=C\CCCCCCCCOCC(COP(=O)(O)OC1C(O)C(O)C(O)C(O)C1O)OC(=O)CCCCC/C=C\C/C=C\C/C=C\C/C=C\C/C=C\CC. The number of aliphatic hydroxyl groups is 5. The van der Waals surface area contributed by atoms with Crippen LogP contribution in [0.25, 0.3) is 0 Å². The Kier molecular flexibility index (Phi) is 40.4. The van der Waals surface area contributed by atoms with E-state index in [0.717, 1.165) is 128 Å². The number of aliphatic hydroxyl groups excluding tert-OH is 5. The molecule has 1 fully saturated rings. The molecule has 0 aromatic rings. The minimum Gasteiger partial charge on any atom is -0.457 e. The molecule has 1 aliphatic carbocycles. The topological polar surface area (TPSA) is 192 Å². The zero-order valence-electron chi connectivity index (χ0n) is 41.3. The summed E-state index contributed by atoms with van der Waals surface area (Å²) in [5.74, 6) is -0.520. The van der Waals surface area contributed by atoms with Gasteiger partial charge >= 0.3 is 13.8 Å². The number of hydrogen-bond acceptors (Lipinski definition) is 11. The van der Waals surface area contributed by atoms with Crippen LogP contribution in [0.2, 0.25) is 0 Å². The van der Waals surface area contributed by atoms with Crippen molar-refractivity contribution in [1.82, 2.24) is 0 Å². The molecule has 0 aliphatic heterocycles. The van der Waals surface area contributed by atoms with E-state index in [4.69, 9.17) is 18.5 Å². The van der Waals surface area contributed by atoms with Crippen LogP contribution >= 0.6 is 7.82 Å². The fraction of sp³-hybridized carbons (Fsp3) is 0.618. The second kappa shape index (κ2) is 43.7. The molecular formula is C55H89O12P.